The summed E-state index contributed by atoms with van der Waals surface area (Å²) in [7, 11) is 0. The number of allylic oxidation sites excluding steroid dienone is 2. The van der Waals surface area contributed by atoms with Crippen LogP contribution in [-0.4, -0.2) is 50.0 Å². The van der Waals surface area contributed by atoms with E-state index in [4.69, 9.17) is 14.6 Å². The van der Waals surface area contributed by atoms with Crippen molar-refractivity contribution in [1.82, 2.24) is 5.32 Å². The van der Waals surface area contributed by atoms with E-state index in [0.29, 0.717) is 38.0 Å². The molecule has 142 valence electrons. The van der Waals surface area contributed by atoms with Gasteiger partial charge in [0.15, 0.2) is 0 Å². The van der Waals surface area contributed by atoms with Crippen molar-refractivity contribution < 1.29 is 24.2 Å². The number of ether oxygens (including phenoxy) is 2. The molecule has 0 aromatic heterocycles. The van der Waals surface area contributed by atoms with Gasteiger partial charge in [-0.3, -0.25) is 4.79 Å². The number of fused-ring (bicyclic) bond motifs is 4. The van der Waals surface area contributed by atoms with E-state index >= 15 is 0 Å². The Morgan fingerprint density at radius 2 is 1.96 bits per heavy atom. The molecule has 1 fully saturated rings. The second-order valence-corrected chi connectivity index (χ2v) is 7.79. The zero-order valence-corrected chi connectivity index (χ0v) is 15.4. The molecular formula is C19H31NO5. The summed E-state index contributed by atoms with van der Waals surface area (Å²) in [6, 6.07) is 0. The Morgan fingerprint density at radius 1 is 1.24 bits per heavy atom. The molecule has 1 amide bonds. The fraction of sp³-hybridized carbons (Fsp3) is 0.789. The van der Waals surface area contributed by atoms with E-state index in [1.165, 1.54) is 12.0 Å². The Hall–Kier alpha value is -1.40. The summed E-state index contributed by atoms with van der Waals surface area (Å²) in [5.74, 6) is 0.438. The number of carbonyl (C=O) groups excluding carboxylic acids is 1. The van der Waals surface area contributed by atoms with Crippen molar-refractivity contribution in [3.05, 3.63) is 11.6 Å². The van der Waals surface area contributed by atoms with Crippen LogP contribution >= 0.6 is 0 Å². The number of carboxylic acids is 1. The van der Waals surface area contributed by atoms with Crippen LogP contribution in [0.5, 0.6) is 0 Å². The average Bonchev–Trinajstić information content (AvgIpc) is 2.46. The maximum absolute atomic E-state index is 12.2. The van der Waals surface area contributed by atoms with Crippen LogP contribution in [0.1, 0.15) is 46.0 Å². The van der Waals surface area contributed by atoms with Gasteiger partial charge >= 0.3 is 5.97 Å². The molecule has 0 heterocycles. The molecule has 0 aromatic rings. The molecule has 0 aliphatic heterocycles. The molecule has 6 heteroatoms. The predicted octanol–water partition coefficient (Wildman–Crippen LogP) is 2.38. The van der Waals surface area contributed by atoms with Crippen molar-refractivity contribution in [1.29, 1.82) is 0 Å². The molecule has 2 unspecified atom stereocenters. The lowest BCUT2D eigenvalue weighted by Crippen LogP contribution is -2.41. The SMILES string of the molecule is CC1C=C2CC(CC(=O)NCCOCCOCC(=O)O)(C2)CC(C)C1. The Morgan fingerprint density at radius 3 is 2.68 bits per heavy atom. The van der Waals surface area contributed by atoms with E-state index in [1.807, 2.05) is 0 Å². The normalized spacial score (nSPS) is 28.3. The smallest absolute Gasteiger partial charge is 0.329 e. The number of nitrogens with one attached hydrogen (secondary N) is 1. The van der Waals surface area contributed by atoms with Crippen LogP contribution in [0.2, 0.25) is 0 Å². The second kappa shape index (κ2) is 9.34. The summed E-state index contributed by atoms with van der Waals surface area (Å²) < 4.78 is 10.2. The summed E-state index contributed by atoms with van der Waals surface area (Å²) in [6.07, 6.45) is 7.51. The maximum Gasteiger partial charge on any atom is 0.329 e. The Bertz CT molecular complexity index is 494. The van der Waals surface area contributed by atoms with Crippen LogP contribution in [0.4, 0.5) is 0 Å². The first-order valence-corrected chi connectivity index (χ1v) is 9.22. The van der Waals surface area contributed by atoms with E-state index in [1.54, 1.807) is 0 Å². The molecule has 2 N–H and O–H groups in total. The molecule has 2 atom stereocenters. The summed E-state index contributed by atoms with van der Waals surface area (Å²) in [5, 5.41) is 11.4. The number of aliphatic carboxylic acids is 1. The lowest BCUT2D eigenvalue weighted by atomic mass is 9.57. The van der Waals surface area contributed by atoms with Gasteiger partial charge in [-0.15, -0.1) is 0 Å². The van der Waals surface area contributed by atoms with Crippen LogP contribution < -0.4 is 5.32 Å². The zero-order valence-electron chi connectivity index (χ0n) is 15.4. The zero-order chi connectivity index (χ0) is 18.3. The van der Waals surface area contributed by atoms with Gasteiger partial charge in [0, 0.05) is 13.0 Å². The summed E-state index contributed by atoms with van der Waals surface area (Å²) >= 11 is 0. The van der Waals surface area contributed by atoms with Crippen LogP contribution in [0, 0.1) is 17.3 Å². The largest absolute Gasteiger partial charge is 0.480 e. The predicted molar refractivity (Wildman–Crippen MR) is 94.2 cm³/mol. The third-order valence-corrected chi connectivity index (χ3v) is 4.98. The van der Waals surface area contributed by atoms with Gasteiger partial charge in [-0.05, 0) is 42.9 Å². The minimum absolute atomic E-state index is 0.102. The first kappa shape index (κ1) is 19.9. The third-order valence-electron chi connectivity index (χ3n) is 4.98. The minimum Gasteiger partial charge on any atom is -0.480 e. The third kappa shape index (κ3) is 6.78. The van der Waals surface area contributed by atoms with Crippen molar-refractivity contribution in [2.45, 2.75) is 46.0 Å². The van der Waals surface area contributed by atoms with Gasteiger partial charge in [0.1, 0.15) is 6.61 Å². The number of hydrogen-bond acceptors (Lipinski definition) is 4. The molecule has 25 heavy (non-hydrogen) atoms. The molecule has 0 saturated heterocycles. The Balaban J connectivity index is 1.59. The van der Waals surface area contributed by atoms with Crippen LogP contribution in [-0.2, 0) is 19.1 Å². The monoisotopic (exact) mass is 353 g/mol. The number of amides is 1. The molecule has 3 aliphatic carbocycles. The van der Waals surface area contributed by atoms with E-state index < -0.39 is 5.97 Å². The molecular weight excluding hydrogens is 322 g/mol. The van der Waals surface area contributed by atoms with Gasteiger partial charge in [0.25, 0.3) is 0 Å². The van der Waals surface area contributed by atoms with E-state index in [9.17, 15) is 9.59 Å². The molecule has 2 bridgehead atoms. The van der Waals surface area contributed by atoms with Gasteiger partial charge in [0.05, 0.1) is 19.8 Å². The molecule has 1 saturated carbocycles. The van der Waals surface area contributed by atoms with Crippen molar-refractivity contribution >= 4 is 11.9 Å². The Labute approximate surface area is 150 Å². The standard InChI is InChI=1S/C19H31NO5/c1-14-7-15(2)9-19(10-16(8-14)11-19)12-17(21)20-3-4-24-5-6-25-13-18(22)23/h8,14-15H,3-7,9-13H2,1-2H3,(H,20,21)(H,22,23). The van der Waals surface area contributed by atoms with Crippen LogP contribution in [0.3, 0.4) is 0 Å². The first-order chi connectivity index (χ1) is 11.9. The van der Waals surface area contributed by atoms with Crippen molar-refractivity contribution in [3.63, 3.8) is 0 Å². The molecule has 3 rings (SSSR count). The number of carboxylic acid groups (broad SMARTS) is 1. The maximum atomic E-state index is 12.2. The highest BCUT2D eigenvalue weighted by Gasteiger charge is 2.44. The van der Waals surface area contributed by atoms with Gasteiger partial charge in [-0.1, -0.05) is 25.5 Å². The van der Waals surface area contributed by atoms with E-state index in [2.05, 4.69) is 25.2 Å². The summed E-state index contributed by atoms with van der Waals surface area (Å²) in [6.45, 7) is 5.74. The molecule has 6 nitrogen and oxygen atoms in total. The van der Waals surface area contributed by atoms with Crippen molar-refractivity contribution in [2.75, 3.05) is 33.0 Å². The van der Waals surface area contributed by atoms with E-state index in [0.717, 1.165) is 19.3 Å². The highest BCUT2D eigenvalue weighted by molar-refractivity contribution is 5.77. The highest BCUT2D eigenvalue weighted by Crippen LogP contribution is 2.54. The Kier molecular flexibility index (Phi) is 7.44. The number of hydrogen-bond donors (Lipinski definition) is 2. The molecule has 3 aliphatic rings. The van der Waals surface area contributed by atoms with Gasteiger partial charge in [-0.25, -0.2) is 4.79 Å². The highest BCUT2D eigenvalue weighted by atomic mass is 16.5. The first-order valence-electron chi connectivity index (χ1n) is 9.22. The summed E-state index contributed by atoms with van der Waals surface area (Å²) in [5.41, 5.74) is 1.69. The fourth-order valence-corrected chi connectivity index (χ4v) is 4.34. The van der Waals surface area contributed by atoms with Crippen molar-refractivity contribution in [2.24, 2.45) is 17.3 Å². The molecule has 0 spiro atoms. The molecule has 0 aromatic carbocycles. The van der Waals surface area contributed by atoms with Gasteiger partial charge in [0.2, 0.25) is 5.91 Å². The number of rotatable bonds is 10. The quantitative estimate of drug-likeness (QED) is 0.465. The second-order valence-electron chi connectivity index (χ2n) is 7.79. The van der Waals surface area contributed by atoms with Crippen LogP contribution in [0.15, 0.2) is 11.6 Å². The average molecular weight is 353 g/mol. The van der Waals surface area contributed by atoms with E-state index in [-0.39, 0.29) is 24.5 Å². The summed E-state index contributed by atoms with van der Waals surface area (Å²) in [4.78, 5) is 22.5. The lowest BCUT2D eigenvalue weighted by Gasteiger charge is -2.47. The van der Waals surface area contributed by atoms with Crippen molar-refractivity contribution in [3.8, 4) is 0 Å². The number of carbonyl (C=O) groups is 2. The minimum atomic E-state index is -0.987. The topological polar surface area (TPSA) is 84.9 Å². The van der Waals surface area contributed by atoms with Gasteiger partial charge in [-0.2, -0.15) is 0 Å². The van der Waals surface area contributed by atoms with Crippen LogP contribution in [0.25, 0.3) is 0 Å². The fourth-order valence-electron chi connectivity index (χ4n) is 4.34. The molecule has 0 radical (unpaired) electrons. The lowest BCUT2D eigenvalue weighted by molar-refractivity contribution is -0.142. The van der Waals surface area contributed by atoms with Gasteiger partial charge < -0.3 is 19.9 Å².